The number of nitrogens with zero attached hydrogens (tertiary/aromatic N) is 4. The minimum Gasteiger partial charge on any atom is -0.481 e. The number of aromatic nitrogens is 3. The number of nitrogens with one attached hydrogen (secondary N) is 1. The summed E-state index contributed by atoms with van der Waals surface area (Å²) in [5, 5.41) is 13.4. The number of rotatable bonds is 5. The van der Waals surface area contributed by atoms with Crippen LogP contribution < -0.4 is 15.4 Å². The van der Waals surface area contributed by atoms with Gasteiger partial charge in [-0.15, -0.1) is 0 Å². The lowest BCUT2D eigenvalue weighted by molar-refractivity contribution is 0.122. The zero-order valence-corrected chi connectivity index (χ0v) is 16.6. The van der Waals surface area contributed by atoms with Crippen molar-refractivity contribution in [3.8, 4) is 17.0 Å². The van der Waals surface area contributed by atoms with Crippen LogP contribution in [0.25, 0.3) is 11.1 Å². The number of methoxy groups -OCH3 is 1. The lowest BCUT2D eigenvalue weighted by Crippen LogP contribution is -2.36. The molecule has 1 aliphatic heterocycles. The smallest absolute Gasteiger partial charge is 0.221 e. The average Bonchev–Trinajstić information content (AvgIpc) is 3.16. The van der Waals surface area contributed by atoms with Gasteiger partial charge in [-0.2, -0.15) is 5.10 Å². The van der Waals surface area contributed by atoms with Crippen molar-refractivity contribution in [2.45, 2.75) is 0 Å². The summed E-state index contributed by atoms with van der Waals surface area (Å²) in [5.74, 6) is 1.38. The summed E-state index contributed by atoms with van der Waals surface area (Å²) >= 11 is 0. The molecule has 8 heteroatoms. The molecule has 0 radical (unpaired) electrons. The summed E-state index contributed by atoms with van der Waals surface area (Å²) in [7, 11) is 3.44. The number of benzene rings is 1. The van der Waals surface area contributed by atoms with E-state index in [0.717, 1.165) is 30.0 Å². The zero-order chi connectivity index (χ0) is 20.4. The lowest BCUT2D eigenvalue weighted by Gasteiger charge is -2.26. The number of ether oxygens (including phenoxy) is 2. The molecule has 1 aromatic carbocycles. The molecule has 3 N–H and O–H groups in total. The number of aryl methyl sites for hydroxylation is 1. The van der Waals surface area contributed by atoms with Crippen molar-refractivity contribution in [3.05, 3.63) is 53.9 Å². The van der Waals surface area contributed by atoms with Crippen molar-refractivity contribution in [3.63, 3.8) is 0 Å². The van der Waals surface area contributed by atoms with Crippen LogP contribution in [0.15, 0.2) is 42.6 Å². The molecule has 0 saturated carbocycles. The third-order valence-corrected chi connectivity index (χ3v) is 5.06. The summed E-state index contributed by atoms with van der Waals surface area (Å²) in [6.07, 6.45) is 1.69. The second-order valence-corrected chi connectivity index (χ2v) is 6.85. The SMILES string of the molecule is COc1ncccc1-c1ccc(N)c(C(=N)c2cc(N3CCOCC3)nn2C)c1.[HH]. The van der Waals surface area contributed by atoms with Crippen LogP contribution in [0.5, 0.6) is 5.88 Å². The van der Waals surface area contributed by atoms with Gasteiger partial charge >= 0.3 is 0 Å². The largest absolute Gasteiger partial charge is 0.481 e. The third kappa shape index (κ3) is 3.66. The van der Waals surface area contributed by atoms with Gasteiger partial charge < -0.3 is 20.1 Å². The summed E-state index contributed by atoms with van der Waals surface area (Å²) in [6, 6.07) is 11.3. The molecule has 0 bridgehead atoms. The van der Waals surface area contributed by atoms with Gasteiger partial charge in [0.2, 0.25) is 5.88 Å². The number of hydrogen-bond donors (Lipinski definition) is 2. The first-order chi connectivity index (χ1) is 14.1. The van der Waals surface area contributed by atoms with Crippen LogP contribution in [-0.4, -0.2) is 53.9 Å². The van der Waals surface area contributed by atoms with E-state index >= 15 is 0 Å². The molecule has 0 atom stereocenters. The molecule has 3 aromatic rings. The highest BCUT2D eigenvalue weighted by Crippen LogP contribution is 2.31. The molecule has 0 spiro atoms. The van der Waals surface area contributed by atoms with Gasteiger partial charge in [-0.25, -0.2) is 4.98 Å². The molecule has 8 nitrogen and oxygen atoms in total. The maximum Gasteiger partial charge on any atom is 0.221 e. The molecule has 0 aliphatic carbocycles. The van der Waals surface area contributed by atoms with Crippen LogP contribution in [0.4, 0.5) is 11.5 Å². The average molecular weight is 394 g/mol. The second kappa shape index (κ2) is 7.92. The first-order valence-corrected chi connectivity index (χ1v) is 9.43. The van der Waals surface area contributed by atoms with Gasteiger partial charge in [-0.05, 0) is 29.8 Å². The van der Waals surface area contributed by atoms with Gasteiger partial charge in [0.1, 0.15) is 0 Å². The highest BCUT2D eigenvalue weighted by Gasteiger charge is 2.20. The monoisotopic (exact) mass is 394 g/mol. The first kappa shape index (κ1) is 18.9. The highest BCUT2D eigenvalue weighted by atomic mass is 16.5. The molecule has 1 fully saturated rings. The van der Waals surface area contributed by atoms with Crippen molar-refractivity contribution in [1.29, 1.82) is 5.41 Å². The molecule has 3 heterocycles. The number of anilines is 2. The van der Waals surface area contributed by atoms with E-state index in [2.05, 4.69) is 15.0 Å². The van der Waals surface area contributed by atoms with E-state index < -0.39 is 0 Å². The van der Waals surface area contributed by atoms with Crippen molar-refractivity contribution < 1.29 is 10.9 Å². The Bertz CT molecular complexity index is 1050. The van der Waals surface area contributed by atoms with Gasteiger partial charge in [0, 0.05) is 50.6 Å². The zero-order valence-electron chi connectivity index (χ0n) is 16.6. The quantitative estimate of drug-likeness (QED) is 0.509. The number of nitrogen functional groups attached to an aromatic ring is 1. The van der Waals surface area contributed by atoms with Gasteiger partial charge in [0.05, 0.1) is 31.7 Å². The minimum absolute atomic E-state index is 0. The van der Waals surface area contributed by atoms with Crippen molar-refractivity contribution >= 4 is 17.2 Å². The van der Waals surface area contributed by atoms with E-state index in [0.29, 0.717) is 41.8 Å². The number of morpholine rings is 1. The molecule has 152 valence electrons. The van der Waals surface area contributed by atoms with E-state index in [1.165, 1.54) is 0 Å². The van der Waals surface area contributed by atoms with E-state index in [1.54, 1.807) is 18.0 Å². The van der Waals surface area contributed by atoms with E-state index in [1.807, 2.05) is 43.4 Å². The number of hydrogen-bond acceptors (Lipinski definition) is 7. The Kier molecular flexibility index (Phi) is 5.18. The molecule has 0 unspecified atom stereocenters. The summed E-state index contributed by atoms with van der Waals surface area (Å²) in [4.78, 5) is 6.43. The Morgan fingerprint density at radius 1 is 1.24 bits per heavy atom. The van der Waals surface area contributed by atoms with E-state index in [4.69, 9.17) is 20.6 Å². The standard InChI is InChI=1S/C21H24N6O2.H2/c1-26-18(13-19(25-26)27-8-10-29-11-9-27)20(23)16-12-14(5-6-17(16)22)15-4-3-7-24-21(15)28-2;/h3-7,12-13,23H,8-11,22H2,1-2H3;1H. The predicted octanol–water partition coefficient (Wildman–Crippen LogP) is 2.57. The van der Waals surface area contributed by atoms with Crippen LogP contribution in [0, 0.1) is 5.41 Å². The van der Waals surface area contributed by atoms with Crippen molar-refractivity contribution in [2.24, 2.45) is 7.05 Å². The Hall–Kier alpha value is -3.39. The molecule has 0 amide bonds. The molecular formula is C21H26N6O2. The number of pyridine rings is 1. The molecular weight excluding hydrogens is 368 g/mol. The lowest BCUT2D eigenvalue weighted by atomic mass is 9.98. The van der Waals surface area contributed by atoms with Crippen LogP contribution in [0.2, 0.25) is 0 Å². The van der Waals surface area contributed by atoms with Crippen molar-refractivity contribution in [1.82, 2.24) is 14.8 Å². The van der Waals surface area contributed by atoms with E-state index in [9.17, 15) is 0 Å². The Balaban J connectivity index is 0.00000256. The van der Waals surface area contributed by atoms with Gasteiger partial charge in [0.25, 0.3) is 0 Å². The van der Waals surface area contributed by atoms with Gasteiger partial charge in [-0.3, -0.25) is 10.1 Å². The highest BCUT2D eigenvalue weighted by molar-refractivity contribution is 6.13. The Morgan fingerprint density at radius 2 is 2.03 bits per heavy atom. The van der Waals surface area contributed by atoms with E-state index in [-0.39, 0.29) is 1.43 Å². The molecule has 1 aliphatic rings. The fourth-order valence-electron chi connectivity index (χ4n) is 3.48. The second-order valence-electron chi connectivity index (χ2n) is 6.85. The van der Waals surface area contributed by atoms with Gasteiger partial charge in [0.15, 0.2) is 5.82 Å². The topological polar surface area (TPSA) is 102 Å². The molecule has 1 saturated heterocycles. The molecule has 2 aromatic heterocycles. The van der Waals surface area contributed by atoms with Crippen LogP contribution in [0.1, 0.15) is 12.7 Å². The maximum atomic E-state index is 8.81. The first-order valence-electron chi connectivity index (χ1n) is 9.43. The maximum absolute atomic E-state index is 8.81. The molecule has 29 heavy (non-hydrogen) atoms. The molecule has 4 rings (SSSR count). The fraction of sp³-hybridized carbons (Fsp3) is 0.286. The van der Waals surface area contributed by atoms with Gasteiger partial charge in [-0.1, -0.05) is 6.07 Å². The Morgan fingerprint density at radius 3 is 2.79 bits per heavy atom. The fourth-order valence-corrected chi connectivity index (χ4v) is 3.48. The summed E-state index contributed by atoms with van der Waals surface area (Å²) < 4.78 is 12.5. The number of nitrogens with two attached hydrogens (primary N) is 1. The minimum atomic E-state index is 0. The Labute approximate surface area is 170 Å². The van der Waals surface area contributed by atoms with Crippen LogP contribution >= 0.6 is 0 Å². The summed E-state index contributed by atoms with van der Waals surface area (Å²) in [6.45, 7) is 2.96. The normalized spacial score (nSPS) is 14.1. The third-order valence-electron chi connectivity index (χ3n) is 5.06. The predicted molar refractivity (Wildman–Crippen MR) is 115 cm³/mol. The van der Waals surface area contributed by atoms with Crippen LogP contribution in [0.3, 0.4) is 0 Å². The summed E-state index contributed by atoms with van der Waals surface area (Å²) in [5.41, 5.74) is 10.2. The van der Waals surface area contributed by atoms with Crippen LogP contribution in [-0.2, 0) is 11.8 Å². The van der Waals surface area contributed by atoms with Crippen molar-refractivity contribution in [2.75, 3.05) is 44.0 Å².